The molecule has 30 heavy (non-hydrogen) atoms. The van der Waals surface area contributed by atoms with Crippen LogP contribution in [-0.2, 0) is 16.1 Å². The number of hydrogen-bond acceptors (Lipinski definition) is 5. The molecule has 0 saturated carbocycles. The molecular formula is C22H30ClN3O4. The van der Waals surface area contributed by atoms with Crippen molar-refractivity contribution in [2.75, 3.05) is 6.54 Å². The molecule has 1 aliphatic rings. The predicted molar refractivity (Wildman–Crippen MR) is 117 cm³/mol. The Kier molecular flexibility index (Phi) is 7.69. The molecule has 2 aromatic rings. The van der Waals surface area contributed by atoms with Crippen LogP contribution in [0.3, 0.4) is 0 Å². The number of amides is 2. The monoisotopic (exact) mass is 435 g/mol. The van der Waals surface area contributed by atoms with Crippen LogP contribution in [0.15, 0.2) is 47.1 Å². The summed E-state index contributed by atoms with van der Waals surface area (Å²) < 4.78 is 5.37. The maximum atomic E-state index is 12.8. The Hall–Kier alpha value is -2.35. The van der Waals surface area contributed by atoms with E-state index in [-0.39, 0.29) is 37.2 Å². The highest BCUT2D eigenvalue weighted by Gasteiger charge is 2.42. The van der Waals surface area contributed by atoms with E-state index in [1.807, 2.05) is 57.2 Å². The first kappa shape index (κ1) is 23.9. The lowest BCUT2D eigenvalue weighted by atomic mass is 9.86. The van der Waals surface area contributed by atoms with Crippen LogP contribution in [0, 0.1) is 5.41 Å². The number of carbonyl (C=O) groups is 2. The number of hydrogen-bond donors (Lipinski definition) is 3. The summed E-state index contributed by atoms with van der Waals surface area (Å²) in [6.07, 6.45) is 1.11. The number of β-amino-alcohol motifs (C(OH)–C–C–N with tert-alkyl or cyclic N) is 1. The normalized spacial score (nSPS) is 19.8. The number of carbonyl (C=O) groups excluding carboxylic acids is 2. The Morgan fingerprint density at radius 1 is 1.27 bits per heavy atom. The van der Waals surface area contributed by atoms with Gasteiger partial charge >= 0.3 is 0 Å². The summed E-state index contributed by atoms with van der Waals surface area (Å²) in [5.74, 6) is 0.188. The molecule has 1 fully saturated rings. The number of rotatable bonds is 5. The van der Waals surface area contributed by atoms with Crippen LogP contribution in [0.5, 0.6) is 0 Å². The van der Waals surface area contributed by atoms with Gasteiger partial charge in [0.05, 0.1) is 18.4 Å². The summed E-state index contributed by atoms with van der Waals surface area (Å²) in [4.78, 5) is 26.9. The zero-order valence-corrected chi connectivity index (χ0v) is 18.3. The third-order valence-corrected chi connectivity index (χ3v) is 5.29. The number of nitrogens with zero attached hydrogens (tertiary/aromatic N) is 1. The average Bonchev–Trinajstić information content (AvgIpc) is 3.34. The van der Waals surface area contributed by atoms with Crippen molar-refractivity contribution in [3.05, 3.63) is 48.2 Å². The van der Waals surface area contributed by atoms with Crippen molar-refractivity contribution >= 4 is 24.2 Å². The highest BCUT2D eigenvalue weighted by molar-refractivity contribution is 5.90. The number of aliphatic hydroxyl groups is 1. The van der Waals surface area contributed by atoms with E-state index in [2.05, 4.69) is 5.32 Å². The summed E-state index contributed by atoms with van der Waals surface area (Å²) in [5.41, 5.74) is 7.54. The van der Waals surface area contributed by atoms with Crippen molar-refractivity contribution < 1.29 is 19.1 Å². The number of nitrogens with two attached hydrogens (primary N) is 1. The van der Waals surface area contributed by atoms with Crippen molar-refractivity contribution in [1.82, 2.24) is 10.2 Å². The summed E-state index contributed by atoms with van der Waals surface area (Å²) in [6, 6.07) is 9.95. The topological polar surface area (TPSA) is 109 Å². The quantitative estimate of drug-likeness (QED) is 0.667. The highest BCUT2D eigenvalue weighted by atomic mass is 35.5. The fourth-order valence-electron chi connectivity index (χ4n) is 3.39. The van der Waals surface area contributed by atoms with Crippen LogP contribution in [-0.4, -0.2) is 46.6 Å². The molecule has 7 nitrogen and oxygen atoms in total. The maximum absolute atomic E-state index is 12.8. The fourth-order valence-corrected chi connectivity index (χ4v) is 3.39. The molecule has 164 valence electrons. The van der Waals surface area contributed by atoms with E-state index in [1.54, 1.807) is 6.26 Å². The summed E-state index contributed by atoms with van der Waals surface area (Å²) in [6.45, 7) is 6.09. The fraction of sp³-hybridized carbons (Fsp3) is 0.455. The number of likely N-dealkylation sites (tertiary alicyclic amines) is 1. The van der Waals surface area contributed by atoms with Gasteiger partial charge in [0.25, 0.3) is 0 Å². The molecule has 8 heteroatoms. The van der Waals surface area contributed by atoms with Gasteiger partial charge < -0.3 is 25.5 Å². The molecule has 1 aromatic carbocycles. The van der Waals surface area contributed by atoms with Crippen molar-refractivity contribution in [3.8, 4) is 11.3 Å². The van der Waals surface area contributed by atoms with Gasteiger partial charge in [0.2, 0.25) is 11.8 Å². The number of nitrogens with one attached hydrogen (secondary N) is 1. The lowest BCUT2D eigenvalue weighted by Crippen LogP contribution is -2.54. The molecule has 3 rings (SSSR count). The molecule has 3 atom stereocenters. The van der Waals surface area contributed by atoms with Gasteiger partial charge in [-0.3, -0.25) is 9.59 Å². The molecule has 0 spiro atoms. The Morgan fingerprint density at radius 3 is 2.50 bits per heavy atom. The van der Waals surface area contributed by atoms with Gasteiger partial charge in [-0.25, -0.2) is 0 Å². The maximum Gasteiger partial charge on any atom is 0.243 e. The van der Waals surface area contributed by atoms with Crippen molar-refractivity contribution in [1.29, 1.82) is 0 Å². The molecule has 0 bridgehead atoms. The Morgan fingerprint density at radius 2 is 1.93 bits per heavy atom. The summed E-state index contributed by atoms with van der Waals surface area (Å²) in [5, 5.41) is 12.9. The minimum absolute atomic E-state index is 0. The highest BCUT2D eigenvalue weighted by Crippen LogP contribution is 2.25. The minimum atomic E-state index is -0.739. The molecule has 0 aliphatic carbocycles. The first-order chi connectivity index (χ1) is 13.7. The van der Waals surface area contributed by atoms with Crippen LogP contribution < -0.4 is 11.1 Å². The van der Waals surface area contributed by atoms with E-state index in [4.69, 9.17) is 10.2 Å². The van der Waals surface area contributed by atoms with Crippen LogP contribution in [0.1, 0.15) is 32.8 Å². The van der Waals surface area contributed by atoms with Gasteiger partial charge in [-0.1, -0.05) is 45.0 Å². The lowest BCUT2D eigenvalue weighted by Gasteiger charge is -2.32. The molecule has 0 radical (unpaired) electrons. The second kappa shape index (κ2) is 9.64. The molecular weight excluding hydrogens is 406 g/mol. The van der Waals surface area contributed by atoms with Crippen molar-refractivity contribution in [3.63, 3.8) is 0 Å². The Labute approximate surface area is 183 Å². The first-order valence-electron chi connectivity index (χ1n) is 9.81. The van der Waals surface area contributed by atoms with Gasteiger partial charge in [0.1, 0.15) is 11.8 Å². The standard InChI is InChI=1S/C22H29N3O4.ClH/c1-22(2,3)19(23)21(28)25-13-16(26)11-17(25)20(27)24-12-14-6-8-15(9-7-14)18-5-4-10-29-18;/h4-10,16-17,19,26H,11-13,23H2,1-3H3,(H,24,27);1H/t16-,17+,19-;/m1./s1. The molecule has 1 aromatic heterocycles. The molecule has 2 heterocycles. The van der Waals surface area contributed by atoms with Gasteiger partial charge in [0.15, 0.2) is 0 Å². The lowest BCUT2D eigenvalue weighted by molar-refractivity contribution is -0.141. The third kappa shape index (κ3) is 5.41. The molecule has 0 unspecified atom stereocenters. The van der Waals surface area contributed by atoms with Gasteiger partial charge in [-0.05, 0) is 23.1 Å². The van der Waals surface area contributed by atoms with Crippen molar-refractivity contribution in [2.24, 2.45) is 11.1 Å². The van der Waals surface area contributed by atoms with E-state index >= 15 is 0 Å². The van der Waals surface area contributed by atoms with Gasteiger partial charge in [-0.2, -0.15) is 0 Å². The third-order valence-electron chi connectivity index (χ3n) is 5.29. The zero-order chi connectivity index (χ0) is 21.2. The van der Waals surface area contributed by atoms with Crippen LogP contribution in [0.25, 0.3) is 11.3 Å². The predicted octanol–water partition coefficient (Wildman–Crippen LogP) is 2.32. The first-order valence-corrected chi connectivity index (χ1v) is 9.81. The molecule has 1 saturated heterocycles. The number of aliphatic hydroxyl groups excluding tert-OH is 1. The van der Waals surface area contributed by atoms with E-state index in [9.17, 15) is 14.7 Å². The second-order valence-electron chi connectivity index (χ2n) is 8.63. The average molecular weight is 436 g/mol. The summed E-state index contributed by atoms with van der Waals surface area (Å²) >= 11 is 0. The number of furan rings is 1. The van der Waals surface area contributed by atoms with Crippen LogP contribution in [0.4, 0.5) is 0 Å². The minimum Gasteiger partial charge on any atom is -0.464 e. The molecule has 2 amide bonds. The van der Waals surface area contributed by atoms with Crippen LogP contribution in [0.2, 0.25) is 0 Å². The smallest absolute Gasteiger partial charge is 0.243 e. The SMILES string of the molecule is CC(C)(C)[C@H](N)C(=O)N1C[C@H](O)C[C@H]1C(=O)NCc1ccc(-c2ccco2)cc1.Cl. The summed E-state index contributed by atoms with van der Waals surface area (Å²) in [7, 11) is 0. The second-order valence-corrected chi connectivity index (χ2v) is 8.63. The largest absolute Gasteiger partial charge is 0.464 e. The zero-order valence-electron chi connectivity index (χ0n) is 17.5. The Bertz CT molecular complexity index is 846. The van der Waals surface area contributed by atoms with Crippen molar-refractivity contribution in [2.45, 2.75) is 51.9 Å². The Balaban J connectivity index is 0.00000320. The van der Waals surface area contributed by atoms with E-state index in [1.165, 1.54) is 4.90 Å². The molecule has 1 aliphatic heterocycles. The number of halogens is 1. The van der Waals surface area contributed by atoms with E-state index in [0.29, 0.717) is 6.54 Å². The van der Waals surface area contributed by atoms with E-state index in [0.717, 1.165) is 16.9 Å². The van der Waals surface area contributed by atoms with Gasteiger partial charge in [0, 0.05) is 25.1 Å². The number of benzene rings is 1. The van der Waals surface area contributed by atoms with Gasteiger partial charge in [-0.15, -0.1) is 12.4 Å². The van der Waals surface area contributed by atoms with Crippen LogP contribution >= 0.6 is 12.4 Å². The van der Waals surface area contributed by atoms with E-state index < -0.39 is 23.6 Å². The molecule has 4 N–H and O–H groups in total.